The molecule has 2 aromatic rings. The summed E-state index contributed by atoms with van der Waals surface area (Å²) in [4.78, 5) is 24.8. The van der Waals surface area contributed by atoms with Crippen molar-refractivity contribution < 1.29 is 14.3 Å². The fourth-order valence-electron chi connectivity index (χ4n) is 2.97. The highest BCUT2D eigenvalue weighted by molar-refractivity contribution is 7.99. The molecule has 1 aliphatic heterocycles. The van der Waals surface area contributed by atoms with Gasteiger partial charge < -0.3 is 9.30 Å². The molecular formula is C19H24N4O3S. The van der Waals surface area contributed by atoms with Crippen molar-refractivity contribution in [3.05, 3.63) is 24.3 Å². The molecule has 8 heteroatoms. The normalized spacial score (nSPS) is 14.2. The van der Waals surface area contributed by atoms with E-state index in [2.05, 4.69) is 21.7 Å². The maximum Gasteiger partial charge on any atom is 0.229 e. The van der Waals surface area contributed by atoms with Crippen molar-refractivity contribution in [2.45, 2.75) is 44.3 Å². The molecule has 0 bridgehead atoms. The summed E-state index contributed by atoms with van der Waals surface area (Å²) in [5.41, 5.74) is 0.983. The number of imide groups is 1. The summed E-state index contributed by atoms with van der Waals surface area (Å²) in [6.07, 6.45) is 2.76. The van der Waals surface area contributed by atoms with E-state index in [0.717, 1.165) is 41.7 Å². The number of nitrogens with zero attached hydrogens (tertiary/aromatic N) is 4. The van der Waals surface area contributed by atoms with Crippen molar-refractivity contribution in [1.29, 1.82) is 0 Å². The topological polar surface area (TPSA) is 77.3 Å². The van der Waals surface area contributed by atoms with Gasteiger partial charge in [-0.05, 0) is 30.7 Å². The second-order valence-corrected chi connectivity index (χ2v) is 7.39. The van der Waals surface area contributed by atoms with E-state index in [4.69, 9.17) is 4.74 Å². The maximum absolute atomic E-state index is 11.7. The summed E-state index contributed by atoms with van der Waals surface area (Å²) in [7, 11) is 1.64. The fraction of sp³-hybridized carbons (Fsp3) is 0.474. The molecule has 7 nitrogen and oxygen atoms in total. The minimum absolute atomic E-state index is 0.0769. The van der Waals surface area contributed by atoms with Crippen molar-refractivity contribution in [2.24, 2.45) is 0 Å². The van der Waals surface area contributed by atoms with Crippen molar-refractivity contribution in [3.63, 3.8) is 0 Å². The molecule has 1 saturated heterocycles. The quantitative estimate of drug-likeness (QED) is 0.485. The Bertz CT molecular complexity index is 788. The van der Waals surface area contributed by atoms with Gasteiger partial charge >= 0.3 is 0 Å². The van der Waals surface area contributed by atoms with Crippen LogP contribution in [0.25, 0.3) is 11.4 Å². The molecule has 0 saturated carbocycles. The van der Waals surface area contributed by atoms with Gasteiger partial charge in [0.25, 0.3) is 0 Å². The number of aromatic nitrogens is 3. The van der Waals surface area contributed by atoms with E-state index in [1.165, 1.54) is 16.7 Å². The number of likely N-dealkylation sites (tertiary alicyclic amines) is 1. The number of hydrogen-bond donors (Lipinski definition) is 0. The molecule has 2 amide bonds. The van der Waals surface area contributed by atoms with E-state index >= 15 is 0 Å². The number of hydrogen-bond acceptors (Lipinski definition) is 6. The van der Waals surface area contributed by atoms with Gasteiger partial charge in [0.1, 0.15) is 5.75 Å². The second-order valence-electron chi connectivity index (χ2n) is 6.33. The van der Waals surface area contributed by atoms with Crippen LogP contribution in [0.15, 0.2) is 29.4 Å². The summed E-state index contributed by atoms with van der Waals surface area (Å²) in [6, 6.07) is 7.76. The molecule has 2 heterocycles. The van der Waals surface area contributed by atoms with Crippen LogP contribution in [0.1, 0.15) is 32.6 Å². The lowest BCUT2D eigenvalue weighted by Crippen LogP contribution is -2.31. The van der Waals surface area contributed by atoms with Crippen LogP contribution in [0.5, 0.6) is 5.75 Å². The lowest BCUT2D eigenvalue weighted by Gasteiger charge is -2.13. The highest BCUT2D eigenvalue weighted by Gasteiger charge is 2.28. The first-order valence-electron chi connectivity index (χ1n) is 9.17. The number of methoxy groups -OCH3 is 1. The van der Waals surface area contributed by atoms with Gasteiger partial charge in [0.15, 0.2) is 11.0 Å². The molecule has 0 aliphatic carbocycles. The van der Waals surface area contributed by atoms with Crippen LogP contribution in [0, 0.1) is 0 Å². The van der Waals surface area contributed by atoms with E-state index in [0.29, 0.717) is 25.1 Å². The second kappa shape index (κ2) is 9.03. The van der Waals surface area contributed by atoms with Crippen LogP contribution in [0.4, 0.5) is 0 Å². The number of carbonyl (C=O) groups is 2. The zero-order chi connectivity index (χ0) is 19.2. The Morgan fingerprint density at radius 1 is 1.07 bits per heavy atom. The van der Waals surface area contributed by atoms with Crippen LogP contribution >= 0.6 is 11.8 Å². The zero-order valence-electron chi connectivity index (χ0n) is 15.7. The Labute approximate surface area is 163 Å². The molecule has 27 heavy (non-hydrogen) atoms. The molecule has 3 rings (SSSR count). The molecule has 1 aromatic carbocycles. The summed E-state index contributed by atoms with van der Waals surface area (Å²) < 4.78 is 7.33. The first-order chi connectivity index (χ1) is 13.1. The highest BCUT2D eigenvalue weighted by atomic mass is 32.2. The predicted molar refractivity (Wildman–Crippen MR) is 104 cm³/mol. The summed E-state index contributed by atoms with van der Waals surface area (Å²) >= 11 is 1.53. The van der Waals surface area contributed by atoms with Crippen LogP contribution in [0.3, 0.4) is 0 Å². The third-order valence-electron chi connectivity index (χ3n) is 4.50. The average molecular weight is 388 g/mol. The number of unbranched alkanes of at least 4 members (excludes halogenated alkanes) is 1. The molecule has 0 radical (unpaired) electrons. The maximum atomic E-state index is 11.7. The lowest BCUT2D eigenvalue weighted by atomic mass is 10.2. The smallest absolute Gasteiger partial charge is 0.229 e. The summed E-state index contributed by atoms with van der Waals surface area (Å²) in [5.74, 6) is 2.08. The monoisotopic (exact) mass is 388 g/mol. The predicted octanol–water partition coefficient (Wildman–Crippen LogP) is 2.99. The Morgan fingerprint density at radius 2 is 1.78 bits per heavy atom. The van der Waals surface area contributed by atoms with Gasteiger partial charge in [0.05, 0.1) is 7.11 Å². The van der Waals surface area contributed by atoms with Crippen LogP contribution in [-0.4, -0.2) is 50.9 Å². The van der Waals surface area contributed by atoms with Crippen LogP contribution in [0.2, 0.25) is 0 Å². The largest absolute Gasteiger partial charge is 0.497 e. The molecule has 0 N–H and O–H groups in total. The molecule has 0 unspecified atom stereocenters. The van der Waals surface area contributed by atoms with Crippen LogP contribution in [-0.2, 0) is 16.1 Å². The van der Waals surface area contributed by atoms with Gasteiger partial charge in [-0.2, -0.15) is 0 Å². The van der Waals surface area contributed by atoms with Gasteiger partial charge in [0, 0.05) is 37.2 Å². The van der Waals surface area contributed by atoms with Gasteiger partial charge in [-0.3, -0.25) is 14.5 Å². The lowest BCUT2D eigenvalue weighted by molar-refractivity contribution is -0.137. The Kier molecular flexibility index (Phi) is 6.49. The Hall–Kier alpha value is -2.35. The fourth-order valence-corrected chi connectivity index (χ4v) is 3.86. The third kappa shape index (κ3) is 4.50. The zero-order valence-corrected chi connectivity index (χ0v) is 16.5. The van der Waals surface area contributed by atoms with Crippen molar-refractivity contribution >= 4 is 23.6 Å². The van der Waals surface area contributed by atoms with E-state index in [-0.39, 0.29) is 11.8 Å². The molecule has 1 aromatic heterocycles. The van der Waals surface area contributed by atoms with E-state index < -0.39 is 0 Å². The average Bonchev–Trinajstić information content (AvgIpc) is 3.24. The standard InChI is InChI=1S/C19H24N4O3S/c1-3-4-11-23-18(14-5-7-15(26-2)8-6-14)20-21-19(23)27-13-12-22-16(24)9-10-17(22)25/h5-8H,3-4,9-13H2,1-2H3. The first kappa shape index (κ1) is 19.4. The summed E-state index contributed by atoms with van der Waals surface area (Å²) in [6.45, 7) is 3.39. The highest BCUT2D eigenvalue weighted by Crippen LogP contribution is 2.26. The summed E-state index contributed by atoms with van der Waals surface area (Å²) in [5, 5.41) is 9.54. The number of amides is 2. The third-order valence-corrected chi connectivity index (χ3v) is 5.45. The Balaban J connectivity index is 1.73. The SMILES string of the molecule is CCCCn1c(SCCN2C(=O)CCC2=O)nnc1-c1ccc(OC)cc1. The van der Waals surface area contributed by atoms with Crippen LogP contribution < -0.4 is 4.74 Å². The first-order valence-corrected chi connectivity index (χ1v) is 10.2. The number of rotatable bonds is 9. The van der Waals surface area contributed by atoms with E-state index in [1.54, 1.807) is 7.11 Å². The minimum Gasteiger partial charge on any atom is -0.497 e. The van der Waals surface area contributed by atoms with Gasteiger partial charge in [-0.25, -0.2) is 0 Å². The van der Waals surface area contributed by atoms with Gasteiger partial charge in [-0.15, -0.1) is 10.2 Å². The molecule has 0 atom stereocenters. The van der Waals surface area contributed by atoms with Gasteiger partial charge in [0.2, 0.25) is 11.8 Å². The number of carbonyl (C=O) groups excluding carboxylic acids is 2. The molecular weight excluding hydrogens is 364 g/mol. The van der Waals surface area contributed by atoms with Gasteiger partial charge in [-0.1, -0.05) is 25.1 Å². The molecule has 1 fully saturated rings. The molecule has 1 aliphatic rings. The van der Waals surface area contributed by atoms with Crippen molar-refractivity contribution in [2.75, 3.05) is 19.4 Å². The minimum atomic E-state index is -0.0769. The van der Waals surface area contributed by atoms with E-state index in [9.17, 15) is 9.59 Å². The van der Waals surface area contributed by atoms with E-state index in [1.807, 2.05) is 24.3 Å². The number of thioether (sulfide) groups is 1. The Morgan fingerprint density at radius 3 is 2.41 bits per heavy atom. The van der Waals surface area contributed by atoms with Crippen molar-refractivity contribution in [1.82, 2.24) is 19.7 Å². The number of benzene rings is 1. The molecule has 0 spiro atoms. The molecule has 144 valence electrons. The van der Waals surface area contributed by atoms with Crippen molar-refractivity contribution in [3.8, 4) is 17.1 Å². The number of ether oxygens (including phenoxy) is 1.